The van der Waals surface area contributed by atoms with Crippen molar-refractivity contribution in [2.45, 2.75) is 40.5 Å². The van der Waals surface area contributed by atoms with Crippen molar-refractivity contribution in [1.82, 2.24) is 0 Å². The predicted molar refractivity (Wildman–Crippen MR) is 57.2 cm³/mol. The van der Waals surface area contributed by atoms with Crippen molar-refractivity contribution in [2.24, 2.45) is 0 Å². The van der Waals surface area contributed by atoms with E-state index in [2.05, 4.69) is 52.0 Å². The molecule has 0 heterocycles. The van der Waals surface area contributed by atoms with Gasteiger partial charge in [0, 0.05) is 0 Å². The summed E-state index contributed by atoms with van der Waals surface area (Å²) in [6.07, 6.45) is 11.0. The molecule has 0 aromatic rings. The van der Waals surface area contributed by atoms with Gasteiger partial charge in [-0.2, -0.15) is 0 Å². The second-order valence-electron chi connectivity index (χ2n) is 2.92. The summed E-state index contributed by atoms with van der Waals surface area (Å²) in [7, 11) is 0. The smallest absolute Gasteiger partial charge is 0.0307 e. The minimum absolute atomic E-state index is 1.11. The zero-order valence-electron chi connectivity index (χ0n) is 8.72. The summed E-state index contributed by atoms with van der Waals surface area (Å²) in [5.74, 6) is 0. The first-order chi connectivity index (χ1) is 5.74. The molecule has 0 nitrogen and oxygen atoms in total. The highest BCUT2D eigenvalue weighted by atomic mass is 13.9. The molecule has 0 fully saturated rings. The quantitative estimate of drug-likeness (QED) is 0.545. The van der Waals surface area contributed by atoms with E-state index in [-0.39, 0.29) is 0 Å². The molecule has 0 unspecified atom stereocenters. The summed E-state index contributed by atoms with van der Waals surface area (Å²) in [4.78, 5) is 0. The van der Waals surface area contributed by atoms with E-state index in [1.165, 1.54) is 11.1 Å². The fourth-order valence-corrected chi connectivity index (χ4v) is 0.913. The molecule has 0 aliphatic heterocycles. The van der Waals surface area contributed by atoms with Gasteiger partial charge in [-0.05, 0) is 32.3 Å². The van der Waals surface area contributed by atoms with Crippen LogP contribution in [0, 0.1) is 0 Å². The Hall–Kier alpha value is -0.780. The lowest BCUT2D eigenvalue weighted by molar-refractivity contribution is 1.13. The van der Waals surface area contributed by atoms with Crippen molar-refractivity contribution in [3.63, 3.8) is 0 Å². The first-order valence-electron chi connectivity index (χ1n) is 4.74. The number of rotatable bonds is 4. The molecule has 0 aromatic carbocycles. The number of hydrogen-bond acceptors (Lipinski definition) is 0. The normalized spacial score (nSPS) is 14.3. The van der Waals surface area contributed by atoms with Gasteiger partial charge in [0.25, 0.3) is 0 Å². The van der Waals surface area contributed by atoms with Crippen LogP contribution in [0.1, 0.15) is 40.5 Å². The highest BCUT2D eigenvalue weighted by molar-refractivity contribution is 5.28. The monoisotopic (exact) mass is 164 g/mol. The van der Waals surface area contributed by atoms with Gasteiger partial charge in [-0.15, -0.1) is 0 Å². The lowest BCUT2D eigenvalue weighted by atomic mass is 10.1. The van der Waals surface area contributed by atoms with Gasteiger partial charge >= 0.3 is 0 Å². The highest BCUT2D eigenvalue weighted by Crippen LogP contribution is 2.07. The van der Waals surface area contributed by atoms with E-state index in [1.54, 1.807) is 0 Å². The van der Waals surface area contributed by atoms with Crippen LogP contribution in [0.3, 0.4) is 0 Å². The van der Waals surface area contributed by atoms with Crippen molar-refractivity contribution in [2.75, 3.05) is 0 Å². The minimum Gasteiger partial charge on any atom is -0.0847 e. The Balaban J connectivity index is 4.33. The summed E-state index contributed by atoms with van der Waals surface area (Å²) in [5.41, 5.74) is 2.75. The van der Waals surface area contributed by atoms with Crippen LogP contribution in [0.15, 0.2) is 35.5 Å². The van der Waals surface area contributed by atoms with Crippen LogP contribution >= 0.6 is 0 Å². The van der Waals surface area contributed by atoms with Gasteiger partial charge in [-0.1, -0.05) is 43.7 Å². The molecule has 0 amide bonds. The second kappa shape index (κ2) is 6.90. The molecule has 0 aromatic heterocycles. The van der Waals surface area contributed by atoms with Crippen molar-refractivity contribution in [3.05, 3.63) is 35.5 Å². The van der Waals surface area contributed by atoms with Gasteiger partial charge < -0.3 is 0 Å². The Morgan fingerprint density at radius 1 is 1.25 bits per heavy atom. The van der Waals surface area contributed by atoms with Gasteiger partial charge in [0.05, 0.1) is 0 Å². The van der Waals surface area contributed by atoms with Gasteiger partial charge in [0.1, 0.15) is 0 Å². The zero-order valence-corrected chi connectivity index (χ0v) is 8.72. The Bertz CT molecular complexity index is 192. The van der Waals surface area contributed by atoms with Gasteiger partial charge in [-0.3, -0.25) is 0 Å². The molecule has 0 aliphatic carbocycles. The molecule has 0 saturated heterocycles. The SMILES string of the molecule is CC=C(C)C=C(C=CCC)CC. The maximum atomic E-state index is 2.24. The van der Waals surface area contributed by atoms with Crippen LogP contribution in [0.25, 0.3) is 0 Å². The molecule has 0 bridgehead atoms. The standard InChI is InChI=1S/C12H20/c1-5-8-9-12(7-3)10-11(4)6-2/h6,8-10H,5,7H2,1-4H3. The average molecular weight is 164 g/mol. The van der Waals surface area contributed by atoms with Crippen LogP contribution in [0.2, 0.25) is 0 Å². The molecule has 68 valence electrons. The van der Waals surface area contributed by atoms with E-state index >= 15 is 0 Å². The summed E-state index contributed by atoms with van der Waals surface area (Å²) in [5, 5.41) is 0. The maximum absolute atomic E-state index is 2.24. The van der Waals surface area contributed by atoms with Crippen LogP contribution in [-0.2, 0) is 0 Å². The molecule has 0 N–H and O–H groups in total. The van der Waals surface area contributed by atoms with Crippen LogP contribution < -0.4 is 0 Å². The third-order valence-corrected chi connectivity index (χ3v) is 1.84. The molecular formula is C12H20. The first kappa shape index (κ1) is 11.2. The molecule has 12 heavy (non-hydrogen) atoms. The van der Waals surface area contributed by atoms with E-state index in [0.29, 0.717) is 0 Å². The Morgan fingerprint density at radius 3 is 2.33 bits per heavy atom. The molecule has 0 saturated carbocycles. The summed E-state index contributed by atoms with van der Waals surface area (Å²) in [6.45, 7) is 8.55. The molecular weight excluding hydrogens is 144 g/mol. The fraction of sp³-hybridized carbons (Fsp3) is 0.500. The van der Waals surface area contributed by atoms with Gasteiger partial charge in [0.15, 0.2) is 0 Å². The van der Waals surface area contributed by atoms with Crippen molar-refractivity contribution in [1.29, 1.82) is 0 Å². The Morgan fingerprint density at radius 2 is 1.92 bits per heavy atom. The number of allylic oxidation sites excluding steroid dienone is 6. The molecule has 0 aliphatic rings. The largest absolute Gasteiger partial charge is 0.0847 e. The van der Waals surface area contributed by atoms with Crippen molar-refractivity contribution in [3.8, 4) is 0 Å². The van der Waals surface area contributed by atoms with Gasteiger partial charge in [-0.25, -0.2) is 0 Å². The number of hydrogen-bond donors (Lipinski definition) is 0. The fourth-order valence-electron chi connectivity index (χ4n) is 0.913. The summed E-state index contributed by atoms with van der Waals surface area (Å²) in [6, 6.07) is 0. The lowest BCUT2D eigenvalue weighted by Gasteiger charge is -1.97. The van der Waals surface area contributed by atoms with E-state index in [9.17, 15) is 0 Å². The highest BCUT2D eigenvalue weighted by Gasteiger charge is 1.87. The van der Waals surface area contributed by atoms with Crippen LogP contribution in [-0.4, -0.2) is 0 Å². The Labute approximate surface area is 76.7 Å². The lowest BCUT2D eigenvalue weighted by Crippen LogP contribution is -1.76. The predicted octanol–water partition coefficient (Wildman–Crippen LogP) is 4.26. The molecule has 0 heteroatoms. The first-order valence-corrected chi connectivity index (χ1v) is 4.74. The average Bonchev–Trinajstić information content (AvgIpc) is 2.11. The second-order valence-corrected chi connectivity index (χ2v) is 2.92. The molecule has 0 atom stereocenters. The Kier molecular flexibility index (Phi) is 6.45. The van der Waals surface area contributed by atoms with E-state index in [4.69, 9.17) is 0 Å². The van der Waals surface area contributed by atoms with Crippen LogP contribution in [0.4, 0.5) is 0 Å². The minimum atomic E-state index is 1.11. The zero-order chi connectivity index (χ0) is 9.40. The third-order valence-electron chi connectivity index (χ3n) is 1.84. The van der Waals surface area contributed by atoms with Crippen LogP contribution in [0.5, 0.6) is 0 Å². The summed E-state index contributed by atoms with van der Waals surface area (Å²) < 4.78 is 0. The molecule has 0 spiro atoms. The van der Waals surface area contributed by atoms with E-state index in [0.717, 1.165) is 12.8 Å². The van der Waals surface area contributed by atoms with Crippen molar-refractivity contribution >= 4 is 0 Å². The van der Waals surface area contributed by atoms with E-state index < -0.39 is 0 Å². The molecule has 0 radical (unpaired) electrons. The third kappa shape index (κ3) is 4.95. The maximum Gasteiger partial charge on any atom is -0.0307 e. The topological polar surface area (TPSA) is 0 Å². The summed E-state index contributed by atoms with van der Waals surface area (Å²) >= 11 is 0. The molecule has 0 rings (SSSR count). The van der Waals surface area contributed by atoms with E-state index in [1.807, 2.05) is 0 Å². The van der Waals surface area contributed by atoms with Gasteiger partial charge in [0.2, 0.25) is 0 Å². The van der Waals surface area contributed by atoms with Crippen molar-refractivity contribution < 1.29 is 0 Å².